The predicted molar refractivity (Wildman–Crippen MR) is 62.7 cm³/mol. The van der Waals surface area contributed by atoms with E-state index in [1.807, 2.05) is 0 Å². The van der Waals surface area contributed by atoms with Crippen molar-refractivity contribution < 1.29 is 4.79 Å². The van der Waals surface area contributed by atoms with Crippen molar-refractivity contribution in [2.24, 2.45) is 17.3 Å². The smallest absolute Gasteiger partial charge is 0.132 e. The average Bonchev–Trinajstić information content (AvgIpc) is 2.24. The second-order valence-corrected chi connectivity index (χ2v) is 6.15. The summed E-state index contributed by atoms with van der Waals surface area (Å²) in [6, 6.07) is 0. The molecule has 0 heterocycles. The Hall–Kier alpha value is -0.330. The van der Waals surface area contributed by atoms with Crippen molar-refractivity contribution in [1.29, 1.82) is 0 Å². The van der Waals surface area contributed by atoms with E-state index in [0.717, 1.165) is 24.7 Å². The highest BCUT2D eigenvalue weighted by molar-refractivity contribution is 5.79. The number of hydrogen-bond donors (Lipinski definition) is 0. The van der Waals surface area contributed by atoms with Gasteiger partial charge in [0, 0.05) is 12.8 Å². The zero-order valence-electron chi connectivity index (χ0n) is 10.2. The third kappa shape index (κ3) is 2.43. The van der Waals surface area contributed by atoms with Gasteiger partial charge in [0.25, 0.3) is 0 Å². The molecule has 0 unspecified atom stereocenters. The van der Waals surface area contributed by atoms with Gasteiger partial charge in [0.15, 0.2) is 0 Å². The highest BCUT2D eigenvalue weighted by Gasteiger charge is 2.38. The molecule has 1 nitrogen and oxygen atoms in total. The predicted octanol–water partition coefficient (Wildman–Crippen LogP) is 3.96. The number of rotatable bonds is 1. The second kappa shape index (κ2) is 4.27. The van der Waals surface area contributed by atoms with Crippen molar-refractivity contribution in [3.05, 3.63) is 0 Å². The van der Waals surface area contributed by atoms with Crippen LogP contribution in [0.4, 0.5) is 0 Å². The van der Waals surface area contributed by atoms with Crippen LogP contribution in [0, 0.1) is 17.3 Å². The van der Waals surface area contributed by atoms with E-state index in [1.54, 1.807) is 0 Å². The molecular weight excluding hydrogens is 184 g/mol. The maximum Gasteiger partial charge on any atom is 0.132 e. The van der Waals surface area contributed by atoms with Crippen LogP contribution >= 0.6 is 0 Å². The molecule has 0 aromatic carbocycles. The van der Waals surface area contributed by atoms with Crippen LogP contribution in [0.1, 0.15) is 65.2 Å². The number of carbonyl (C=O) groups excluding carboxylic acids is 1. The van der Waals surface area contributed by atoms with E-state index >= 15 is 0 Å². The molecule has 0 aromatic rings. The monoisotopic (exact) mass is 208 g/mol. The van der Waals surface area contributed by atoms with Crippen LogP contribution in [-0.4, -0.2) is 5.78 Å². The number of carbonyl (C=O) groups is 1. The Bertz CT molecular complexity index is 226. The van der Waals surface area contributed by atoms with Gasteiger partial charge in [0.05, 0.1) is 0 Å². The first kappa shape index (κ1) is 11.2. The SMILES string of the molecule is CC1CCC(C)(C2CCC(=O)CC2)CC1. The van der Waals surface area contributed by atoms with Crippen molar-refractivity contribution in [3.8, 4) is 0 Å². The second-order valence-electron chi connectivity index (χ2n) is 6.15. The van der Waals surface area contributed by atoms with Gasteiger partial charge in [0.1, 0.15) is 5.78 Å². The highest BCUT2D eigenvalue weighted by Crippen LogP contribution is 2.48. The molecule has 2 aliphatic carbocycles. The minimum atomic E-state index is 0.499. The lowest BCUT2D eigenvalue weighted by Gasteiger charge is -2.44. The van der Waals surface area contributed by atoms with Crippen molar-refractivity contribution in [2.45, 2.75) is 65.2 Å². The summed E-state index contributed by atoms with van der Waals surface area (Å²) in [6.45, 7) is 4.85. The molecule has 0 radical (unpaired) electrons. The molecule has 2 fully saturated rings. The molecule has 2 aliphatic rings. The van der Waals surface area contributed by atoms with E-state index in [-0.39, 0.29) is 0 Å². The van der Waals surface area contributed by atoms with Gasteiger partial charge in [-0.1, -0.05) is 26.7 Å². The third-order valence-corrected chi connectivity index (χ3v) is 4.95. The summed E-state index contributed by atoms with van der Waals surface area (Å²) in [6.07, 6.45) is 9.65. The van der Waals surface area contributed by atoms with Crippen LogP contribution < -0.4 is 0 Å². The van der Waals surface area contributed by atoms with Crippen molar-refractivity contribution in [3.63, 3.8) is 0 Å². The first-order valence-electron chi connectivity index (χ1n) is 6.62. The summed E-state index contributed by atoms with van der Waals surface area (Å²) < 4.78 is 0. The Morgan fingerprint density at radius 1 is 1.07 bits per heavy atom. The molecule has 1 heteroatoms. The van der Waals surface area contributed by atoms with E-state index in [4.69, 9.17) is 0 Å². The van der Waals surface area contributed by atoms with E-state index < -0.39 is 0 Å². The van der Waals surface area contributed by atoms with Crippen LogP contribution in [0.3, 0.4) is 0 Å². The van der Waals surface area contributed by atoms with E-state index in [0.29, 0.717) is 11.2 Å². The highest BCUT2D eigenvalue weighted by atomic mass is 16.1. The minimum Gasteiger partial charge on any atom is -0.300 e. The van der Waals surface area contributed by atoms with Gasteiger partial charge < -0.3 is 0 Å². The van der Waals surface area contributed by atoms with Crippen LogP contribution in [-0.2, 0) is 4.79 Å². The van der Waals surface area contributed by atoms with E-state index in [2.05, 4.69) is 13.8 Å². The summed E-state index contributed by atoms with van der Waals surface area (Å²) in [5.74, 6) is 2.27. The van der Waals surface area contributed by atoms with Crippen LogP contribution in [0.2, 0.25) is 0 Å². The zero-order chi connectivity index (χ0) is 10.9. The zero-order valence-corrected chi connectivity index (χ0v) is 10.2. The number of ketones is 1. The molecule has 0 aliphatic heterocycles. The van der Waals surface area contributed by atoms with E-state index in [1.165, 1.54) is 38.5 Å². The first-order valence-corrected chi connectivity index (χ1v) is 6.62. The van der Waals surface area contributed by atoms with Gasteiger partial charge in [-0.25, -0.2) is 0 Å². The largest absolute Gasteiger partial charge is 0.300 e. The Morgan fingerprint density at radius 2 is 1.60 bits per heavy atom. The van der Waals surface area contributed by atoms with Gasteiger partial charge in [-0.05, 0) is 42.9 Å². The lowest BCUT2D eigenvalue weighted by Crippen LogP contribution is -2.34. The van der Waals surface area contributed by atoms with Crippen molar-refractivity contribution >= 4 is 5.78 Å². The van der Waals surface area contributed by atoms with Crippen molar-refractivity contribution in [2.75, 3.05) is 0 Å². The third-order valence-electron chi connectivity index (χ3n) is 4.95. The lowest BCUT2D eigenvalue weighted by molar-refractivity contribution is -0.122. The minimum absolute atomic E-state index is 0.499. The molecule has 0 saturated heterocycles. The van der Waals surface area contributed by atoms with Crippen LogP contribution in [0.15, 0.2) is 0 Å². The van der Waals surface area contributed by atoms with Gasteiger partial charge >= 0.3 is 0 Å². The quantitative estimate of drug-likeness (QED) is 0.637. The Kier molecular flexibility index (Phi) is 3.18. The summed E-state index contributed by atoms with van der Waals surface area (Å²) in [5.41, 5.74) is 0.563. The summed E-state index contributed by atoms with van der Waals surface area (Å²) in [7, 11) is 0. The lowest BCUT2D eigenvalue weighted by atomic mass is 9.61. The Balaban J connectivity index is 1.94. The summed E-state index contributed by atoms with van der Waals surface area (Å²) in [5, 5.41) is 0. The van der Waals surface area contributed by atoms with Crippen molar-refractivity contribution in [1.82, 2.24) is 0 Å². The topological polar surface area (TPSA) is 17.1 Å². The molecule has 15 heavy (non-hydrogen) atoms. The van der Waals surface area contributed by atoms with Gasteiger partial charge in [-0.2, -0.15) is 0 Å². The molecule has 0 N–H and O–H groups in total. The Morgan fingerprint density at radius 3 is 2.13 bits per heavy atom. The van der Waals surface area contributed by atoms with Gasteiger partial charge in [-0.15, -0.1) is 0 Å². The van der Waals surface area contributed by atoms with Gasteiger partial charge in [0.2, 0.25) is 0 Å². The van der Waals surface area contributed by atoms with Gasteiger partial charge in [-0.3, -0.25) is 4.79 Å². The van der Waals surface area contributed by atoms with E-state index in [9.17, 15) is 4.79 Å². The van der Waals surface area contributed by atoms with Crippen LogP contribution in [0.25, 0.3) is 0 Å². The fourth-order valence-corrected chi connectivity index (χ4v) is 3.47. The van der Waals surface area contributed by atoms with Crippen LogP contribution in [0.5, 0.6) is 0 Å². The molecule has 0 bridgehead atoms. The molecular formula is C14H24O. The summed E-state index contributed by atoms with van der Waals surface area (Å²) in [4.78, 5) is 11.2. The molecule has 0 atom stereocenters. The maximum absolute atomic E-state index is 11.2. The average molecular weight is 208 g/mol. The molecule has 0 spiro atoms. The molecule has 2 rings (SSSR count). The Labute approximate surface area is 93.6 Å². The molecule has 0 amide bonds. The molecule has 0 aromatic heterocycles. The standard InChI is InChI=1S/C14H24O/c1-11-7-9-14(2,10-8-11)12-3-5-13(15)6-4-12/h11-12H,3-10H2,1-2H3. The fourth-order valence-electron chi connectivity index (χ4n) is 3.47. The molecule has 2 saturated carbocycles. The fraction of sp³-hybridized carbons (Fsp3) is 0.929. The summed E-state index contributed by atoms with van der Waals surface area (Å²) >= 11 is 0. The first-order chi connectivity index (χ1) is 7.10. The number of hydrogen-bond acceptors (Lipinski definition) is 1. The normalized spacial score (nSPS) is 39.3. The number of Topliss-reactive ketones (excluding diaryl/α,β-unsaturated/α-hetero) is 1. The molecule has 86 valence electrons. The maximum atomic E-state index is 11.2.